The van der Waals surface area contributed by atoms with Crippen LogP contribution in [0.3, 0.4) is 0 Å². The molecule has 0 radical (unpaired) electrons. The third-order valence-corrected chi connectivity index (χ3v) is 5.49. The standard InChI is InChI=1S/C23H30N2O/c1-3-19-11-13-21(14-12-19)17-25-15-7-10-22(18-25)23(26)24(2)16-20-8-5-4-6-9-20/h4-6,8-9,11-14,22H,3,7,10,15-18H2,1-2H3/p+1/t22-/m0/s1. The Morgan fingerprint density at radius 1 is 1.04 bits per heavy atom. The van der Waals surface area contributed by atoms with Crippen LogP contribution in [0.4, 0.5) is 0 Å². The fourth-order valence-corrected chi connectivity index (χ4v) is 3.95. The van der Waals surface area contributed by atoms with E-state index in [-0.39, 0.29) is 5.92 Å². The smallest absolute Gasteiger partial charge is 0.231 e. The van der Waals surface area contributed by atoms with Crippen LogP contribution in [0, 0.1) is 5.92 Å². The van der Waals surface area contributed by atoms with E-state index in [2.05, 4.69) is 43.3 Å². The highest BCUT2D eigenvalue weighted by molar-refractivity contribution is 5.78. The van der Waals surface area contributed by atoms with Gasteiger partial charge in [0.15, 0.2) is 0 Å². The topological polar surface area (TPSA) is 24.8 Å². The lowest BCUT2D eigenvalue weighted by atomic mass is 9.96. The number of hydrogen-bond acceptors (Lipinski definition) is 1. The van der Waals surface area contributed by atoms with Gasteiger partial charge in [0, 0.05) is 19.2 Å². The molecule has 2 aromatic rings. The van der Waals surface area contributed by atoms with Crippen LogP contribution >= 0.6 is 0 Å². The highest BCUT2D eigenvalue weighted by Gasteiger charge is 2.30. The van der Waals surface area contributed by atoms with Crippen molar-refractivity contribution >= 4 is 5.91 Å². The molecule has 2 atom stereocenters. The monoisotopic (exact) mass is 351 g/mol. The second-order valence-electron chi connectivity index (χ2n) is 7.57. The molecule has 0 bridgehead atoms. The van der Waals surface area contributed by atoms with Crippen LogP contribution in [0.5, 0.6) is 0 Å². The average Bonchev–Trinajstić information content (AvgIpc) is 2.69. The van der Waals surface area contributed by atoms with Crippen molar-refractivity contribution in [3.05, 3.63) is 71.3 Å². The van der Waals surface area contributed by atoms with Crippen LogP contribution in [0.15, 0.2) is 54.6 Å². The van der Waals surface area contributed by atoms with Gasteiger partial charge in [-0.3, -0.25) is 4.79 Å². The number of quaternary nitrogens is 1. The highest BCUT2D eigenvalue weighted by atomic mass is 16.2. The summed E-state index contributed by atoms with van der Waals surface area (Å²) in [5.41, 5.74) is 3.96. The number of aryl methyl sites for hydroxylation is 1. The molecule has 1 aliphatic rings. The summed E-state index contributed by atoms with van der Waals surface area (Å²) in [5, 5.41) is 0. The average molecular weight is 352 g/mol. The number of carbonyl (C=O) groups excluding carboxylic acids is 1. The molecule has 1 aliphatic heterocycles. The largest absolute Gasteiger partial charge is 0.341 e. The Hall–Kier alpha value is -2.13. The Morgan fingerprint density at radius 2 is 1.73 bits per heavy atom. The predicted molar refractivity (Wildman–Crippen MR) is 106 cm³/mol. The zero-order valence-corrected chi connectivity index (χ0v) is 16.1. The number of likely N-dealkylation sites (tertiary alicyclic amines) is 1. The molecule has 1 unspecified atom stereocenters. The highest BCUT2D eigenvalue weighted by Crippen LogP contribution is 2.14. The molecule has 1 saturated heterocycles. The van der Waals surface area contributed by atoms with E-state index >= 15 is 0 Å². The molecular weight excluding hydrogens is 320 g/mol. The van der Waals surface area contributed by atoms with Crippen molar-refractivity contribution < 1.29 is 9.69 Å². The summed E-state index contributed by atoms with van der Waals surface area (Å²) < 4.78 is 0. The van der Waals surface area contributed by atoms with Crippen molar-refractivity contribution in [3.8, 4) is 0 Å². The van der Waals surface area contributed by atoms with Gasteiger partial charge in [0.25, 0.3) is 0 Å². The van der Waals surface area contributed by atoms with Gasteiger partial charge in [0.05, 0.1) is 19.0 Å². The maximum absolute atomic E-state index is 12.9. The molecule has 0 spiro atoms. The molecule has 1 amide bonds. The summed E-state index contributed by atoms with van der Waals surface area (Å²) in [7, 11) is 1.94. The first-order valence-electron chi connectivity index (χ1n) is 9.86. The first kappa shape index (κ1) is 18.7. The summed E-state index contributed by atoms with van der Waals surface area (Å²) in [6, 6.07) is 19.2. The van der Waals surface area contributed by atoms with Crippen molar-refractivity contribution in [1.82, 2.24) is 4.90 Å². The number of hydrogen-bond donors (Lipinski definition) is 1. The lowest BCUT2D eigenvalue weighted by Crippen LogP contribution is -3.12. The van der Waals surface area contributed by atoms with Crippen LogP contribution in [0.1, 0.15) is 36.5 Å². The van der Waals surface area contributed by atoms with E-state index in [0.717, 1.165) is 32.4 Å². The molecule has 1 N–H and O–H groups in total. The number of nitrogens with zero attached hydrogens (tertiary/aromatic N) is 1. The van der Waals surface area contributed by atoms with Gasteiger partial charge in [0.1, 0.15) is 6.54 Å². The number of rotatable bonds is 6. The van der Waals surface area contributed by atoms with Gasteiger partial charge < -0.3 is 9.80 Å². The third-order valence-electron chi connectivity index (χ3n) is 5.49. The molecule has 138 valence electrons. The number of benzene rings is 2. The van der Waals surface area contributed by atoms with E-state index in [4.69, 9.17) is 0 Å². The van der Waals surface area contributed by atoms with Crippen molar-refractivity contribution in [3.63, 3.8) is 0 Å². The maximum atomic E-state index is 12.9. The summed E-state index contributed by atoms with van der Waals surface area (Å²) >= 11 is 0. The Bertz CT molecular complexity index is 696. The first-order valence-corrected chi connectivity index (χ1v) is 9.86. The molecule has 0 aliphatic carbocycles. The fraction of sp³-hybridized carbons (Fsp3) is 0.435. The SMILES string of the molecule is CCc1ccc(C[NH+]2CCC[C@H](C(=O)N(C)Cc3ccccc3)C2)cc1. The quantitative estimate of drug-likeness (QED) is 0.850. The van der Waals surface area contributed by atoms with Crippen LogP contribution in [-0.4, -0.2) is 30.9 Å². The van der Waals surface area contributed by atoms with Gasteiger partial charge in [-0.15, -0.1) is 0 Å². The normalized spacial score (nSPS) is 19.9. The van der Waals surface area contributed by atoms with Crippen LogP contribution < -0.4 is 4.90 Å². The number of amides is 1. The minimum atomic E-state index is 0.155. The van der Waals surface area contributed by atoms with Crippen molar-refractivity contribution in [2.24, 2.45) is 5.92 Å². The lowest BCUT2D eigenvalue weighted by molar-refractivity contribution is -0.921. The molecule has 3 rings (SSSR count). The third kappa shape index (κ3) is 4.95. The molecule has 0 saturated carbocycles. The van der Waals surface area contributed by atoms with Gasteiger partial charge in [-0.1, -0.05) is 61.5 Å². The summed E-state index contributed by atoms with van der Waals surface area (Å²) in [4.78, 5) is 16.3. The van der Waals surface area contributed by atoms with E-state index in [0.29, 0.717) is 12.5 Å². The fourth-order valence-electron chi connectivity index (χ4n) is 3.95. The van der Waals surface area contributed by atoms with E-state index in [1.807, 2.05) is 30.1 Å². The number of nitrogens with one attached hydrogen (secondary N) is 1. The van der Waals surface area contributed by atoms with Crippen molar-refractivity contribution in [1.29, 1.82) is 0 Å². The van der Waals surface area contributed by atoms with Crippen LogP contribution in [0.25, 0.3) is 0 Å². The molecule has 0 aromatic heterocycles. The minimum Gasteiger partial charge on any atom is -0.341 e. The zero-order valence-electron chi connectivity index (χ0n) is 16.1. The van der Waals surface area contributed by atoms with Crippen molar-refractivity contribution in [2.45, 2.75) is 39.3 Å². The van der Waals surface area contributed by atoms with Gasteiger partial charge in [-0.25, -0.2) is 0 Å². The van der Waals surface area contributed by atoms with Crippen molar-refractivity contribution in [2.75, 3.05) is 20.1 Å². The first-order chi connectivity index (χ1) is 12.7. The second kappa shape index (κ2) is 9.00. The summed E-state index contributed by atoms with van der Waals surface area (Å²) in [5.74, 6) is 0.453. The predicted octanol–water partition coefficient (Wildman–Crippen LogP) is 2.70. The molecule has 3 nitrogen and oxygen atoms in total. The minimum absolute atomic E-state index is 0.155. The molecule has 1 heterocycles. The van der Waals surface area contributed by atoms with Gasteiger partial charge in [-0.2, -0.15) is 0 Å². The summed E-state index contributed by atoms with van der Waals surface area (Å²) in [6.07, 6.45) is 3.25. The Kier molecular flexibility index (Phi) is 6.45. The van der Waals surface area contributed by atoms with Crippen LogP contribution in [0.2, 0.25) is 0 Å². The van der Waals surface area contributed by atoms with E-state index < -0.39 is 0 Å². The van der Waals surface area contributed by atoms with Crippen LogP contribution in [-0.2, 0) is 24.3 Å². The summed E-state index contributed by atoms with van der Waals surface area (Å²) in [6.45, 7) is 6.03. The zero-order chi connectivity index (χ0) is 18.4. The Labute approximate surface area is 157 Å². The maximum Gasteiger partial charge on any atom is 0.231 e. The van der Waals surface area contributed by atoms with E-state index in [9.17, 15) is 4.79 Å². The number of piperidine rings is 1. The molecule has 26 heavy (non-hydrogen) atoms. The second-order valence-corrected chi connectivity index (χ2v) is 7.57. The van der Waals surface area contributed by atoms with E-state index in [1.165, 1.54) is 28.1 Å². The molecule has 2 aromatic carbocycles. The lowest BCUT2D eigenvalue weighted by Gasteiger charge is -2.31. The molecular formula is C23H31N2O+. The Morgan fingerprint density at radius 3 is 2.42 bits per heavy atom. The van der Waals surface area contributed by atoms with Gasteiger partial charge in [0.2, 0.25) is 5.91 Å². The molecule has 1 fully saturated rings. The number of carbonyl (C=O) groups is 1. The molecule has 3 heteroatoms. The van der Waals surface area contributed by atoms with E-state index in [1.54, 1.807) is 0 Å². The Balaban J connectivity index is 1.55. The van der Waals surface area contributed by atoms with Gasteiger partial charge >= 0.3 is 0 Å². The van der Waals surface area contributed by atoms with Gasteiger partial charge in [-0.05, 0) is 30.4 Å².